The zero-order valence-electron chi connectivity index (χ0n) is 8.60. The molecule has 0 aliphatic heterocycles. The maximum Gasteiger partial charge on any atom is 0.355 e. The molecule has 0 unspecified atom stereocenters. The summed E-state index contributed by atoms with van der Waals surface area (Å²) in [6.45, 7) is 1.75. The summed E-state index contributed by atoms with van der Waals surface area (Å²) in [6.07, 6.45) is 0. The van der Waals surface area contributed by atoms with Crippen molar-refractivity contribution in [2.75, 3.05) is 5.73 Å². The monoisotopic (exact) mass is 234 g/mol. The van der Waals surface area contributed by atoms with E-state index >= 15 is 0 Å². The zero-order chi connectivity index (χ0) is 11.7. The third-order valence-electron chi connectivity index (χ3n) is 2.16. The normalized spacial score (nSPS) is 10.3. The van der Waals surface area contributed by atoms with E-state index in [9.17, 15) is 4.79 Å². The van der Waals surface area contributed by atoms with Crippen molar-refractivity contribution in [3.63, 3.8) is 0 Å². The number of thiazole rings is 1. The van der Waals surface area contributed by atoms with Gasteiger partial charge in [0.15, 0.2) is 5.69 Å². The first-order valence-electron chi connectivity index (χ1n) is 4.64. The number of hydrogen-bond acceptors (Lipinski definition) is 4. The van der Waals surface area contributed by atoms with Gasteiger partial charge in [0.1, 0.15) is 5.01 Å². The fourth-order valence-corrected chi connectivity index (χ4v) is 2.25. The second kappa shape index (κ2) is 3.94. The number of aromatic carboxylic acids is 1. The molecule has 0 radical (unpaired) electrons. The summed E-state index contributed by atoms with van der Waals surface area (Å²) >= 11 is 1.37. The lowest BCUT2D eigenvalue weighted by Gasteiger charge is -1.96. The molecule has 5 heteroatoms. The van der Waals surface area contributed by atoms with Crippen LogP contribution in [0.1, 0.15) is 15.4 Å². The SMILES string of the molecule is Cc1sc(-c2ccc(N)cc2)nc1C(=O)O. The topological polar surface area (TPSA) is 76.2 Å². The molecule has 1 aromatic heterocycles. The molecular formula is C11H10N2O2S. The molecule has 2 rings (SSSR count). The molecule has 0 bridgehead atoms. The van der Waals surface area contributed by atoms with Crippen LogP contribution in [-0.4, -0.2) is 16.1 Å². The van der Waals surface area contributed by atoms with Gasteiger partial charge >= 0.3 is 5.97 Å². The summed E-state index contributed by atoms with van der Waals surface area (Å²) in [5.74, 6) is -0.990. The van der Waals surface area contributed by atoms with E-state index in [1.807, 2.05) is 12.1 Å². The van der Waals surface area contributed by atoms with E-state index < -0.39 is 5.97 Å². The lowest BCUT2D eigenvalue weighted by Crippen LogP contribution is -1.98. The molecule has 2 aromatic rings. The quantitative estimate of drug-likeness (QED) is 0.782. The molecule has 0 saturated heterocycles. The van der Waals surface area contributed by atoms with Crippen LogP contribution in [0.25, 0.3) is 10.6 Å². The van der Waals surface area contributed by atoms with Crippen LogP contribution in [0.15, 0.2) is 24.3 Å². The number of carboxylic acid groups (broad SMARTS) is 1. The van der Waals surface area contributed by atoms with Crippen molar-refractivity contribution in [1.29, 1.82) is 0 Å². The number of carbonyl (C=O) groups is 1. The van der Waals surface area contributed by atoms with Crippen molar-refractivity contribution in [3.05, 3.63) is 34.8 Å². The molecule has 0 amide bonds. The van der Waals surface area contributed by atoms with Gasteiger partial charge in [-0.3, -0.25) is 0 Å². The third kappa shape index (κ3) is 1.90. The number of anilines is 1. The number of carboxylic acids is 1. The molecule has 0 spiro atoms. The van der Waals surface area contributed by atoms with Crippen LogP contribution in [0.2, 0.25) is 0 Å². The van der Waals surface area contributed by atoms with Crippen molar-refractivity contribution in [2.45, 2.75) is 6.92 Å². The van der Waals surface area contributed by atoms with Gasteiger partial charge in [-0.05, 0) is 31.2 Å². The predicted octanol–water partition coefficient (Wildman–Crippen LogP) is 2.40. The molecule has 3 N–H and O–H groups in total. The first-order valence-corrected chi connectivity index (χ1v) is 5.46. The van der Waals surface area contributed by atoms with Crippen molar-refractivity contribution in [2.24, 2.45) is 0 Å². The van der Waals surface area contributed by atoms with Gasteiger partial charge < -0.3 is 10.8 Å². The van der Waals surface area contributed by atoms with E-state index in [2.05, 4.69) is 4.98 Å². The Bertz CT molecular complexity index is 531. The number of aromatic nitrogens is 1. The Hall–Kier alpha value is -1.88. The molecular weight excluding hydrogens is 224 g/mol. The molecule has 1 aromatic carbocycles. The van der Waals surface area contributed by atoms with Crippen molar-refractivity contribution in [3.8, 4) is 10.6 Å². The molecule has 1 heterocycles. The molecule has 82 valence electrons. The summed E-state index contributed by atoms with van der Waals surface area (Å²) in [5.41, 5.74) is 7.26. The van der Waals surface area contributed by atoms with Crippen molar-refractivity contribution >= 4 is 23.0 Å². The Kier molecular flexibility index (Phi) is 2.62. The van der Waals surface area contributed by atoms with Crippen LogP contribution < -0.4 is 5.73 Å². The Morgan fingerprint density at radius 1 is 1.38 bits per heavy atom. The second-order valence-corrected chi connectivity index (χ2v) is 4.55. The highest BCUT2D eigenvalue weighted by Crippen LogP contribution is 2.28. The van der Waals surface area contributed by atoms with E-state index in [1.54, 1.807) is 19.1 Å². The Morgan fingerprint density at radius 3 is 2.50 bits per heavy atom. The van der Waals surface area contributed by atoms with Gasteiger partial charge in [-0.1, -0.05) is 0 Å². The molecule has 0 atom stereocenters. The van der Waals surface area contributed by atoms with E-state index in [0.717, 1.165) is 5.56 Å². The summed E-state index contributed by atoms with van der Waals surface area (Å²) < 4.78 is 0. The standard InChI is InChI=1S/C11H10N2O2S/c1-6-9(11(14)15)13-10(16-6)7-2-4-8(12)5-3-7/h2-5H,12H2,1H3,(H,14,15). The van der Waals surface area contributed by atoms with E-state index in [4.69, 9.17) is 10.8 Å². The summed E-state index contributed by atoms with van der Waals surface area (Å²) in [4.78, 5) is 15.6. The lowest BCUT2D eigenvalue weighted by molar-refractivity contribution is 0.0690. The van der Waals surface area contributed by atoms with Gasteiger partial charge in [-0.25, -0.2) is 9.78 Å². The Balaban J connectivity index is 2.45. The van der Waals surface area contributed by atoms with Crippen LogP contribution in [0.4, 0.5) is 5.69 Å². The second-order valence-electron chi connectivity index (χ2n) is 3.35. The Labute approximate surface area is 96.4 Å². The molecule has 4 nitrogen and oxygen atoms in total. The summed E-state index contributed by atoms with van der Waals surface area (Å²) in [6, 6.07) is 7.21. The third-order valence-corrected chi connectivity index (χ3v) is 3.18. The van der Waals surface area contributed by atoms with Gasteiger partial charge in [0.05, 0.1) is 0 Å². The highest BCUT2D eigenvalue weighted by atomic mass is 32.1. The number of nitrogen functional groups attached to an aromatic ring is 1. The van der Waals surface area contributed by atoms with Crippen molar-refractivity contribution < 1.29 is 9.90 Å². The minimum absolute atomic E-state index is 0.122. The predicted molar refractivity (Wildman–Crippen MR) is 63.7 cm³/mol. The fourth-order valence-electron chi connectivity index (χ4n) is 1.34. The highest BCUT2D eigenvalue weighted by Gasteiger charge is 2.14. The zero-order valence-corrected chi connectivity index (χ0v) is 9.41. The van der Waals surface area contributed by atoms with Gasteiger partial charge in [0.2, 0.25) is 0 Å². The minimum atomic E-state index is -0.990. The fraction of sp³-hybridized carbons (Fsp3) is 0.0909. The number of hydrogen-bond donors (Lipinski definition) is 2. The number of rotatable bonds is 2. The first-order chi connectivity index (χ1) is 7.58. The van der Waals surface area contributed by atoms with Gasteiger partial charge in [0.25, 0.3) is 0 Å². The van der Waals surface area contributed by atoms with Crippen LogP contribution >= 0.6 is 11.3 Å². The average molecular weight is 234 g/mol. The molecule has 0 saturated carbocycles. The van der Waals surface area contributed by atoms with Gasteiger partial charge in [0, 0.05) is 16.1 Å². The smallest absolute Gasteiger partial charge is 0.355 e. The maximum atomic E-state index is 10.8. The van der Waals surface area contributed by atoms with E-state index in [0.29, 0.717) is 15.6 Å². The highest BCUT2D eigenvalue weighted by molar-refractivity contribution is 7.15. The van der Waals surface area contributed by atoms with Crippen LogP contribution in [-0.2, 0) is 0 Å². The van der Waals surface area contributed by atoms with Gasteiger partial charge in [-0.2, -0.15) is 0 Å². The molecule has 0 fully saturated rings. The van der Waals surface area contributed by atoms with Crippen LogP contribution in [0.5, 0.6) is 0 Å². The van der Waals surface area contributed by atoms with Crippen LogP contribution in [0.3, 0.4) is 0 Å². The minimum Gasteiger partial charge on any atom is -0.476 e. The van der Waals surface area contributed by atoms with E-state index in [1.165, 1.54) is 11.3 Å². The molecule has 0 aliphatic carbocycles. The lowest BCUT2D eigenvalue weighted by atomic mass is 10.2. The first kappa shape index (κ1) is 10.6. The number of nitrogens with two attached hydrogens (primary N) is 1. The average Bonchev–Trinajstić information content (AvgIpc) is 2.61. The van der Waals surface area contributed by atoms with Crippen LogP contribution in [0, 0.1) is 6.92 Å². The molecule has 0 aliphatic rings. The number of benzene rings is 1. The summed E-state index contributed by atoms with van der Waals surface area (Å²) in [7, 11) is 0. The molecule has 16 heavy (non-hydrogen) atoms. The van der Waals surface area contributed by atoms with Gasteiger partial charge in [-0.15, -0.1) is 11.3 Å². The maximum absolute atomic E-state index is 10.8. The van der Waals surface area contributed by atoms with E-state index in [-0.39, 0.29) is 5.69 Å². The van der Waals surface area contributed by atoms with Crippen molar-refractivity contribution in [1.82, 2.24) is 4.98 Å². The number of aryl methyl sites for hydroxylation is 1. The summed E-state index contributed by atoms with van der Waals surface area (Å²) in [5, 5.41) is 9.60. The number of nitrogens with zero attached hydrogens (tertiary/aromatic N) is 1. The largest absolute Gasteiger partial charge is 0.476 e. The Morgan fingerprint density at radius 2 is 2.00 bits per heavy atom.